The third-order valence-corrected chi connectivity index (χ3v) is 11.1. The first-order valence-electron chi connectivity index (χ1n) is 11.5. The first-order valence-corrected chi connectivity index (χ1v) is 16.7. The quantitative estimate of drug-likeness (QED) is 0.243. The van der Waals surface area contributed by atoms with Gasteiger partial charge in [-0.25, -0.2) is 4.98 Å². The SMILES string of the molecule is Cc1ccc2c(c1)C(O)/C(=C/Cl)CS2.O=C1/C(=C/Cl)CSc2ncccc21.O=C1/C(=C/Cl)CSc2sccc21. The summed E-state index contributed by atoms with van der Waals surface area (Å²) in [6, 6.07) is 11.5. The van der Waals surface area contributed by atoms with Gasteiger partial charge in [-0.1, -0.05) is 52.5 Å². The molecule has 0 fully saturated rings. The lowest BCUT2D eigenvalue weighted by Gasteiger charge is -2.23. The highest BCUT2D eigenvalue weighted by Crippen LogP contribution is 2.40. The highest BCUT2D eigenvalue weighted by molar-refractivity contribution is 8.01. The van der Waals surface area contributed by atoms with Crippen LogP contribution in [0.5, 0.6) is 0 Å². The molecule has 0 saturated carbocycles. The van der Waals surface area contributed by atoms with Crippen LogP contribution < -0.4 is 0 Å². The second kappa shape index (κ2) is 14.4. The predicted octanol–water partition coefficient (Wildman–Crippen LogP) is 8.91. The fraction of sp³-hybridized carbons (Fsp3) is 0.179. The summed E-state index contributed by atoms with van der Waals surface area (Å²) in [7, 11) is 0. The first kappa shape index (κ1) is 30.5. The van der Waals surface area contributed by atoms with E-state index in [9.17, 15) is 14.7 Å². The van der Waals surface area contributed by atoms with Crippen LogP contribution in [0.25, 0.3) is 0 Å². The van der Waals surface area contributed by atoms with Crippen molar-refractivity contribution >= 4 is 93.0 Å². The molecule has 0 bridgehead atoms. The second-order valence-corrected chi connectivity index (χ2v) is 13.2. The fourth-order valence-electron chi connectivity index (χ4n) is 3.73. The molecule has 4 nitrogen and oxygen atoms in total. The number of rotatable bonds is 0. The van der Waals surface area contributed by atoms with Gasteiger partial charge in [0.25, 0.3) is 0 Å². The van der Waals surface area contributed by atoms with E-state index in [1.807, 2.05) is 24.4 Å². The first-order chi connectivity index (χ1) is 18.9. The molecule has 6 rings (SSSR count). The van der Waals surface area contributed by atoms with Crippen molar-refractivity contribution in [3.63, 3.8) is 0 Å². The lowest BCUT2D eigenvalue weighted by molar-refractivity contribution is 0.102. The van der Waals surface area contributed by atoms with Crippen molar-refractivity contribution < 1.29 is 14.7 Å². The van der Waals surface area contributed by atoms with E-state index in [0.717, 1.165) is 36.6 Å². The van der Waals surface area contributed by atoms with Crippen molar-refractivity contribution in [1.29, 1.82) is 0 Å². The number of aryl methyl sites for hydroxylation is 1. The highest BCUT2D eigenvalue weighted by atomic mass is 35.5. The molecule has 39 heavy (non-hydrogen) atoms. The zero-order valence-corrected chi connectivity index (χ0v) is 26.1. The van der Waals surface area contributed by atoms with Gasteiger partial charge in [0.1, 0.15) is 11.1 Å². The number of carbonyl (C=O) groups is 2. The number of Topliss-reactive ketones (excluding diaryl/α,β-unsaturated/α-hetero) is 2. The number of aliphatic hydroxyl groups excluding tert-OH is 1. The summed E-state index contributed by atoms with van der Waals surface area (Å²) in [4.78, 5) is 28.5. The molecule has 1 N–H and O–H groups in total. The van der Waals surface area contributed by atoms with E-state index in [-0.39, 0.29) is 11.6 Å². The number of fused-ring (bicyclic) bond motifs is 3. The van der Waals surface area contributed by atoms with Crippen LogP contribution in [0.4, 0.5) is 0 Å². The van der Waals surface area contributed by atoms with E-state index in [0.29, 0.717) is 28.2 Å². The van der Waals surface area contributed by atoms with Gasteiger partial charge in [0, 0.05) is 61.7 Å². The van der Waals surface area contributed by atoms with Crippen molar-refractivity contribution in [2.45, 2.75) is 27.2 Å². The summed E-state index contributed by atoms with van der Waals surface area (Å²) < 4.78 is 1.11. The number of carbonyl (C=O) groups excluding carboxylic acids is 2. The molecule has 3 aromatic rings. The molecule has 0 radical (unpaired) electrons. The summed E-state index contributed by atoms with van der Waals surface area (Å²) in [5.41, 5.74) is 10.1. The monoisotopic (exact) mass is 653 g/mol. The molecule has 5 heterocycles. The minimum Gasteiger partial charge on any atom is -0.384 e. The fourth-order valence-corrected chi connectivity index (χ4v) is 8.62. The molecule has 1 aromatic carbocycles. The maximum absolute atomic E-state index is 11.6. The van der Waals surface area contributed by atoms with E-state index < -0.39 is 6.10 Å². The van der Waals surface area contributed by atoms with Crippen molar-refractivity contribution in [3.05, 3.63) is 104 Å². The third kappa shape index (κ3) is 7.24. The van der Waals surface area contributed by atoms with Gasteiger partial charge in [0.15, 0.2) is 11.6 Å². The lowest BCUT2D eigenvalue weighted by atomic mass is 10.0. The topological polar surface area (TPSA) is 67.3 Å². The summed E-state index contributed by atoms with van der Waals surface area (Å²) in [5, 5.41) is 12.7. The number of thiophene rings is 1. The zero-order valence-electron chi connectivity index (χ0n) is 20.5. The van der Waals surface area contributed by atoms with E-state index in [1.54, 1.807) is 65.0 Å². The van der Waals surface area contributed by atoms with Gasteiger partial charge in [-0.05, 0) is 47.7 Å². The largest absolute Gasteiger partial charge is 0.384 e. The minimum atomic E-state index is -0.524. The Morgan fingerprint density at radius 2 is 1.62 bits per heavy atom. The normalized spacial score (nSPS) is 20.8. The van der Waals surface area contributed by atoms with Gasteiger partial charge in [-0.3, -0.25) is 9.59 Å². The Labute approximate surface area is 258 Å². The molecule has 0 saturated heterocycles. The molecule has 1 unspecified atom stereocenters. The van der Waals surface area contributed by atoms with Crippen LogP contribution >= 0.6 is 81.4 Å². The number of ketones is 2. The summed E-state index contributed by atoms with van der Waals surface area (Å²) in [5.74, 6) is 2.18. The Hall–Kier alpha value is -1.49. The third-order valence-electron chi connectivity index (χ3n) is 5.81. The maximum Gasteiger partial charge on any atom is 0.193 e. The molecule has 0 aliphatic carbocycles. The Bertz CT molecular complexity index is 1480. The minimum absolute atomic E-state index is 0.00292. The standard InChI is InChI=1S/C11H11ClOS.C9H6ClNOS.C8H5ClOS2/c1-7-2-3-10-9(4-7)11(13)8(5-12)6-14-10;10-4-6-5-13-9-7(8(6)12)2-1-3-11-9;9-3-5-4-12-8-6(7(5)10)1-2-11-8/h2-5,11,13H,6H2,1H3;1-4H,5H2;1-3H,4H2/b8-5+;6-4+;5-3+. The van der Waals surface area contributed by atoms with E-state index in [2.05, 4.69) is 17.1 Å². The Kier molecular flexibility index (Phi) is 11.3. The van der Waals surface area contributed by atoms with Crippen LogP contribution in [0.1, 0.15) is 37.9 Å². The molecule has 1 atom stereocenters. The zero-order chi connectivity index (χ0) is 27.9. The van der Waals surface area contributed by atoms with Crippen molar-refractivity contribution in [3.8, 4) is 0 Å². The van der Waals surface area contributed by atoms with Crippen LogP contribution in [0.3, 0.4) is 0 Å². The number of thioether (sulfide) groups is 3. The Balaban J connectivity index is 0.000000136. The maximum atomic E-state index is 11.6. The molecule has 2 aromatic heterocycles. The summed E-state index contributed by atoms with van der Waals surface area (Å²) in [6.45, 7) is 2.02. The molecule has 3 aliphatic heterocycles. The Morgan fingerprint density at radius 3 is 2.33 bits per heavy atom. The highest BCUT2D eigenvalue weighted by Gasteiger charge is 2.24. The average molecular weight is 655 g/mol. The Morgan fingerprint density at radius 1 is 0.897 bits per heavy atom. The summed E-state index contributed by atoms with van der Waals surface area (Å²) in [6.07, 6.45) is 1.16. The van der Waals surface area contributed by atoms with Gasteiger partial charge in [0.2, 0.25) is 0 Å². The number of hydrogen-bond acceptors (Lipinski definition) is 8. The number of halogens is 3. The van der Waals surface area contributed by atoms with Crippen LogP contribution in [0.15, 0.2) is 95.4 Å². The average Bonchev–Trinajstić information content (AvgIpc) is 3.45. The number of hydrogen-bond donors (Lipinski definition) is 1. The number of benzene rings is 1. The van der Waals surface area contributed by atoms with Crippen LogP contribution in [0, 0.1) is 6.92 Å². The smallest absolute Gasteiger partial charge is 0.193 e. The van der Waals surface area contributed by atoms with Gasteiger partial charge in [-0.2, -0.15) is 0 Å². The number of aromatic nitrogens is 1. The number of pyridine rings is 1. The van der Waals surface area contributed by atoms with Gasteiger partial charge >= 0.3 is 0 Å². The van der Waals surface area contributed by atoms with Gasteiger partial charge < -0.3 is 5.11 Å². The second-order valence-electron chi connectivity index (χ2n) is 8.40. The number of aliphatic hydroxyl groups is 1. The van der Waals surface area contributed by atoms with Gasteiger partial charge in [-0.15, -0.1) is 46.6 Å². The molecule has 0 spiro atoms. The molecular formula is C28H22Cl3NO3S4. The van der Waals surface area contributed by atoms with Crippen LogP contribution in [0.2, 0.25) is 0 Å². The summed E-state index contributed by atoms with van der Waals surface area (Å²) >= 11 is 23.2. The molecule has 0 amide bonds. The van der Waals surface area contributed by atoms with Crippen molar-refractivity contribution in [1.82, 2.24) is 4.98 Å². The van der Waals surface area contributed by atoms with Crippen LogP contribution in [-0.2, 0) is 0 Å². The van der Waals surface area contributed by atoms with Crippen molar-refractivity contribution in [2.75, 3.05) is 17.3 Å². The lowest BCUT2D eigenvalue weighted by Crippen LogP contribution is -2.12. The molecular weight excluding hydrogens is 633 g/mol. The predicted molar refractivity (Wildman–Crippen MR) is 167 cm³/mol. The van der Waals surface area contributed by atoms with E-state index in [4.69, 9.17) is 34.8 Å². The number of nitrogens with zero attached hydrogens (tertiary/aromatic N) is 1. The molecule has 3 aliphatic rings. The van der Waals surface area contributed by atoms with E-state index >= 15 is 0 Å². The molecule has 202 valence electrons. The van der Waals surface area contributed by atoms with E-state index in [1.165, 1.54) is 22.2 Å². The van der Waals surface area contributed by atoms with Crippen molar-refractivity contribution in [2.24, 2.45) is 0 Å². The van der Waals surface area contributed by atoms with Gasteiger partial charge in [0.05, 0.1) is 9.77 Å². The molecule has 11 heteroatoms. The van der Waals surface area contributed by atoms with Crippen LogP contribution in [-0.4, -0.2) is 38.9 Å².